The van der Waals surface area contributed by atoms with Crippen LogP contribution in [0.4, 0.5) is 0 Å². The van der Waals surface area contributed by atoms with Crippen LogP contribution in [-0.2, 0) is 17.6 Å². The number of carboxylic acids is 1. The molecular formula is C24H23IO2. The minimum atomic E-state index is -0.722. The molecule has 0 aliphatic carbocycles. The maximum Gasteiger partial charge on any atom is 0.307 e. The van der Waals surface area contributed by atoms with Crippen LogP contribution in [0.3, 0.4) is 0 Å². The molecule has 0 fully saturated rings. The average Bonchev–Trinajstić information content (AvgIpc) is 2.68. The maximum absolute atomic E-state index is 11.9. The quantitative estimate of drug-likeness (QED) is 0.425. The normalized spacial score (nSPS) is 13.1. The molecule has 3 rings (SSSR count). The third-order valence-electron chi connectivity index (χ3n) is 4.99. The van der Waals surface area contributed by atoms with Crippen LogP contribution in [0, 0.1) is 15.4 Å². The minimum Gasteiger partial charge on any atom is -0.481 e. The third-order valence-corrected chi connectivity index (χ3v) is 5.71. The number of rotatable bonds is 7. The molecule has 0 saturated carbocycles. The van der Waals surface area contributed by atoms with E-state index in [2.05, 4.69) is 83.3 Å². The molecule has 0 aromatic heterocycles. The largest absolute Gasteiger partial charge is 0.481 e. The van der Waals surface area contributed by atoms with Gasteiger partial charge in [-0.1, -0.05) is 73.7 Å². The number of benzene rings is 3. The van der Waals surface area contributed by atoms with Gasteiger partial charge >= 0.3 is 5.97 Å². The Hall–Kier alpha value is -2.14. The Morgan fingerprint density at radius 3 is 1.93 bits per heavy atom. The summed E-state index contributed by atoms with van der Waals surface area (Å²) in [5.41, 5.74) is 4.58. The lowest BCUT2D eigenvalue weighted by molar-refractivity contribution is -0.143. The summed E-state index contributed by atoms with van der Waals surface area (Å²) in [6.45, 7) is 2.04. The van der Waals surface area contributed by atoms with Gasteiger partial charge in [0.2, 0.25) is 0 Å². The van der Waals surface area contributed by atoms with Crippen molar-refractivity contribution in [3.8, 4) is 11.1 Å². The molecule has 0 saturated heterocycles. The smallest absolute Gasteiger partial charge is 0.307 e. The van der Waals surface area contributed by atoms with Gasteiger partial charge in [-0.25, -0.2) is 0 Å². The van der Waals surface area contributed by atoms with E-state index in [1.54, 1.807) is 0 Å². The van der Waals surface area contributed by atoms with Gasteiger partial charge in [0.1, 0.15) is 0 Å². The summed E-state index contributed by atoms with van der Waals surface area (Å²) in [7, 11) is 0. The van der Waals surface area contributed by atoms with Gasteiger partial charge in [-0.15, -0.1) is 0 Å². The molecule has 0 amide bonds. The van der Waals surface area contributed by atoms with Crippen molar-refractivity contribution in [3.63, 3.8) is 0 Å². The van der Waals surface area contributed by atoms with Crippen LogP contribution >= 0.6 is 22.6 Å². The zero-order valence-corrected chi connectivity index (χ0v) is 17.5. The van der Waals surface area contributed by atoms with Crippen molar-refractivity contribution in [2.24, 2.45) is 11.8 Å². The molecule has 3 aromatic rings. The van der Waals surface area contributed by atoms with Crippen LogP contribution in [0.1, 0.15) is 18.1 Å². The van der Waals surface area contributed by atoms with Crippen molar-refractivity contribution in [2.45, 2.75) is 19.8 Å². The van der Waals surface area contributed by atoms with E-state index in [0.29, 0.717) is 6.42 Å². The molecule has 3 heteroatoms. The van der Waals surface area contributed by atoms with E-state index < -0.39 is 11.9 Å². The number of carbonyl (C=O) groups is 1. The number of hydrogen-bond donors (Lipinski definition) is 1. The molecule has 3 aromatic carbocycles. The van der Waals surface area contributed by atoms with Crippen molar-refractivity contribution in [3.05, 3.63) is 93.6 Å². The lowest BCUT2D eigenvalue weighted by atomic mass is 9.84. The van der Waals surface area contributed by atoms with Crippen molar-refractivity contribution < 1.29 is 9.90 Å². The highest BCUT2D eigenvalue weighted by atomic mass is 127. The van der Waals surface area contributed by atoms with Crippen LogP contribution in [0.5, 0.6) is 0 Å². The fraction of sp³-hybridized carbons (Fsp3) is 0.208. The zero-order chi connectivity index (χ0) is 19.2. The molecule has 0 aliphatic heterocycles. The summed E-state index contributed by atoms with van der Waals surface area (Å²) in [4.78, 5) is 11.9. The molecule has 0 radical (unpaired) electrons. The van der Waals surface area contributed by atoms with E-state index in [1.807, 2.05) is 25.1 Å². The number of carboxylic acid groups (broad SMARTS) is 1. The van der Waals surface area contributed by atoms with Gasteiger partial charge in [0.05, 0.1) is 5.92 Å². The molecule has 0 bridgehead atoms. The fourth-order valence-electron chi connectivity index (χ4n) is 3.38. The molecule has 2 atom stereocenters. The predicted molar refractivity (Wildman–Crippen MR) is 119 cm³/mol. The summed E-state index contributed by atoms with van der Waals surface area (Å²) in [5.74, 6) is -1.05. The average molecular weight is 470 g/mol. The standard InChI is InChI=1S/C24H23IO2/c1-17(15-18-9-13-22(25)14-10-18)23(24(26)27)16-19-7-11-21(12-8-19)20-5-3-2-4-6-20/h2-14,17,23H,15-16H2,1H3,(H,26,27)/t17-,23-/m0/s1. The van der Waals surface area contributed by atoms with Crippen molar-refractivity contribution in [1.29, 1.82) is 0 Å². The van der Waals surface area contributed by atoms with Crippen molar-refractivity contribution in [2.75, 3.05) is 0 Å². The van der Waals surface area contributed by atoms with Gasteiger partial charge in [0.15, 0.2) is 0 Å². The minimum absolute atomic E-state index is 0.0661. The van der Waals surface area contributed by atoms with E-state index in [4.69, 9.17) is 0 Å². The van der Waals surface area contributed by atoms with E-state index in [-0.39, 0.29) is 5.92 Å². The first-order chi connectivity index (χ1) is 13.0. The Morgan fingerprint density at radius 2 is 1.33 bits per heavy atom. The van der Waals surface area contributed by atoms with Gasteiger partial charge in [-0.3, -0.25) is 4.79 Å². The van der Waals surface area contributed by atoms with Gasteiger partial charge in [-0.05, 0) is 75.7 Å². The molecule has 27 heavy (non-hydrogen) atoms. The molecule has 2 nitrogen and oxygen atoms in total. The molecular weight excluding hydrogens is 447 g/mol. The summed E-state index contributed by atoms with van der Waals surface area (Å²) in [6.07, 6.45) is 1.33. The van der Waals surface area contributed by atoms with E-state index in [1.165, 1.54) is 14.7 Å². The Bertz CT molecular complexity index is 871. The highest BCUT2D eigenvalue weighted by Gasteiger charge is 2.25. The molecule has 0 heterocycles. The summed E-state index contributed by atoms with van der Waals surface area (Å²) >= 11 is 2.28. The topological polar surface area (TPSA) is 37.3 Å². The molecule has 1 N–H and O–H groups in total. The van der Waals surface area contributed by atoms with Crippen LogP contribution < -0.4 is 0 Å². The zero-order valence-electron chi connectivity index (χ0n) is 15.3. The van der Waals surface area contributed by atoms with Crippen LogP contribution in [0.15, 0.2) is 78.9 Å². The number of hydrogen-bond acceptors (Lipinski definition) is 1. The van der Waals surface area contributed by atoms with Crippen molar-refractivity contribution in [1.82, 2.24) is 0 Å². The Kier molecular flexibility index (Phi) is 6.67. The summed E-state index contributed by atoms with van der Waals surface area (Å²) in [6, 6.07) is 26.8. The Labute approximate surface area is 174 Å². The van der Waals surface area contributed by atoms with Gasteiger partial charge < -0.3 is 5.11 Å². The van der Waals surface area contributed by atoms with Gasteiger partial charge in [-0.2, -0.15) is 0 Å². The van der Waals surface area contributed by atoms with Crippen LogP contribution in [0.2, 0.25) is 0 Å². The highest BCUT2D eigenvalue weighted by molar-refractivity contribution is 14.1. The molecule has 0 unspecified atom stereocenters. The second-order valence-corrected chi connectivity index (χ2v) is 8.27. The first kappa shape index (κ1) is 19.6. The lowest BCUT2D eigenvalue weighted by Gasteiger charge is -2.20. The molecule has 0 aliphatic rings. The van der Waals surface area contributed by atoms with Crippen molar-refractivity contribution >= 4 is 28.6 Å². The Balaban J connectivity index is 1.70. The SMILES string of the molecule is C[C@@H](Cc1ccc(I)cc1)[C@H](Cc1ccc(-c2ccccc2)cc1)C(=O)O. The fourth-order valence-corrected chi connectivity index (χ4v) is 3.74. The van der Waals surface area contributed by atoms with Crippen LogP contribution in [0.25, 0.3) is 11.1 Å². The highest BCUT2D eigenvalue weighted by Crippen LogP contribution is 2.25. The first-order valence-electron chi connectivity index (χ1n) is 9.14. The second kappa shape index (κ2) is 9.18. The first-order valence-corrected chi connectivity index (χ1v) is 10.2. The van der Waals surface area contributed by atoms with E-state index in [9.17, 15) is 9.90 Å². The summed E-state index contributed by atoms with van der Waals surface area (Å²) < 4.78 is 1.19. The maximum atomic E-state index is 11.9. The predicted octanol–water partition coefficient (Wildman–Crippen LogP) is 6.08. The number of aliphatic carboxylic acids is 1. The van der Waals surface area contributed by atoms with Gasteiger partial charge in [0.25, 0.3) is 0 Å². The van der Waals surface area contributed by atoms with Crippen LogP contribution in [-0.4, -0.2) is 11.1 Å². The monoisotopic (exact) mass is 470 g/mol. The summed E-state index contributed by atoms with van der Waals surface area (Å²) in [5, 5.41) is 9.76. The third kappa shape index (κ3) is 5.42. The Morgan fingerprint density at radius 1 is 0.815 bits per heavy atom. The second-order valence-electron chi connectivity index (χ2n) is 7.02. The molecule has 0 spiro atoms. The van der Waals surface area contributed by atoms with E-state index >= 15 is 0 Å². The molecule has 138 valence electrons. The van der Waals surface area contributed by atoms with Gasteiger partial charge in [0, 0.05) is 3.57 Å². The van der Waals surface area contributed by atoms with E-state index in [0.717, 1.165) is 17.5 Å². The lowest BCUT2D eigenvalue weighted by Crippen LogP contribution is -2.25. The number of halogens is 1.